The topological polar surface area (TPSA) is 49.0 Å². The van der Waals surface area contributed by atoms with Gasteiger partial charge in [0.15, 0.2) is 5.82 Å². The van der Waals surface area contributed by atoms with E-state index in [4.69, 9.17) is 0 Å². The molecule has 1 N–H and O–H groups in total. The molecule has 0 aliphatic rings. The molecule has 0 fully saturated rings. The minimum atomic E-state index is -0.196. The lowest BCUT2D eigenvalue weighted by molar-refractivity contribution is 0.904. The molecule has 1 aromatic rings. The average Bonchev–Trinajstić information content (AvgIpc) is 2.22. The van der Waals surface area contributed by atoms with E-state index < -0.39 is 0 Å². The van der Waals surface area contributed by atoms with Crippen molar-refractivity contribution in [3.63, 3.8) is 0 Å². The minimum Gasteiger partial charge on any atom is -0.348 e. The molecule has 1 rings (SSSR count). The van der Waals surface area contributed by atoms with Gasteiger partial charge >= 0.3 is 0 Å². The van der Waals surface area contributed by atoms with Crippen LogP contribution >= 0.6 is 15.9 Å². The molecule has 0 saturated carbocycles. The molecule has 0 saturated heterocycles. The number of rotatable bonds is 5. The van der Waals surface area contributed by atoms with Gasteiger partial charge < -0.3 is 9.88 Å². The molecule has 0 aliphatic heterocycles. The van der Waals surface area contributed by atoms with Gasteiger partial charge in [0.1, 0.15) is 4.47 Å². The summed E-state index contributed by atoms with van der Waals surface area (Å²) in [5, 5.41) is 0. The van der Waals surface area contributed by atoms with Crippen LogP contribution in [0.1, 0.15) is 0 Å². The highest BCUT2D eigenvalue weighted by Gasteiger charge is 2.11. The van der Waals surface area contributed by atoms with E-state index in [1.54, 1.807) is 12.2 Å². The van der Waals surface area contributed by atoms with Gasteiger partial charge in [0.2, 0.25) is 0 Å². The molecule has 0 spiro atoms. The predicted molar refractivity (Wildman–Crippen MR) is 65.2 cm³/mol. The Morgan fingerprint density at radius 2 is 2.07 bits per heavy atom. The van der Waals surface area contributed by atoms with E-state index in [2.05, 4.69) is 39.1 Å². The van der Waals surface area contributed by atoms with Gasteiger partial charge in [-0.1, -0.05) is 12.2 Å². The number of aromatic nitrogens is 2. The van der Waals surface area contributed by atoms with E-state index in [9.17, 15) is 4.79 Å². The van der Waals surface area contributed by atoms with Crippen molar-refractivity contribution in [1.29, 1.82) is 0 Å². The summed E-state index contributed by atoms with van der Waals surface area (Å²) in [6, 6.07) is 0. The highest BCUT2D eigenvalue weighted by atomic mass is 79.9. The van der Waals surface area contributed by atoms with Crippen LogP contribution < -0.4 is 10.5 Å². The number of nitrogens with zero attached hydrogens (tertiary/aromatic N) is 2. The van der Waals surface area contributed by atoms with Crippen LogP contribution in [0.5, 0.6) is 0 Å². The largest absolute Gasteiger partial charge is 0.348 e. The molecule has 4 nitrogen and oxygen atoms in total. The van der Waals surface area contributed by atoms with Gasteiger partial charge in [0.05, 0.1) is 6.33 Å². The fourth-order valence-electron chi connectivity index (χ4n) is 1.15. The van der Waals surface area contributed by atoms with Gasteiger partial charge in [-0.05, 0) is 15.9 Å². The average molecular weight is 270 g/mol. The van der Waals surface area contributed by atoms with Gasteiger partial charge in [0.25, 0.3) is 5.56 Å². The van der Waals surface area contributed by atoms with Crippen molar-refractivity contribution in [3.05, 3.63) is 46.5 Å². The van der Waals surface area contributed by atoms with E-state index in [1.165, 1.54) is 6.33 Å². The lowest BCUT2D eigenvalue weighted by Gasteiger charge is -2.20. The Bertz CT molecular complexity index is 403. The molecule has 1 aromatic heterocycles. The van der Waals surface area contributed by atoms with E-state index in [-0.39, 0.29) is 5.56 Å². The number of aromatic amines is 1. The van der Waals surface area contributed by atoms with Crippen molar-refractivity contribution in [2.45, 2.75) is 0 Å². The summed E-state index contributed by atoms with van der Waals surface area (Å²) in [7, 11) is 0. The quantitative estimate of drug-likeness (QED) is 0.829. The number of hydrogen-bond acceptors (Lipinski definition) is 3. The maximum Gasteiger partial charge on any atom is 0.267 e. The third kappa shape index (κ3) is 2.79. The van der Waals surface area contributed by atoms with Crippen molar-refractivity contribution >= 4 is 21.7 Å². The molecular formula is C10H12BrN3O. The summed E-state index contributed by atoms with van der Waals surface area (Å²) in [6.45, 7) is 8.54. The molecule has 5 heteroatoms. The third-order valence-corrected chi connectivity index (χ3v) is 2.49. The standard InChI is InChI=1S/C10H12BrN3O/c1-3-5-14(6-4-2)9-8(11)10(15)13-7-12-9/h3-4,7H,1-2,5-6H2,(H,12,13,15). The van der Waals surface area contributed by atoms with Crippen LogP contribution in [-0.2, 0) is 0 Å². The summed E-state index contributed by atoms with van der Waals surface area (Å²) in [5.41, 5.74) is -0.196. The molecule has 0 atom stereocenters. The number of nitrogens with one attached hydrogen (secondary N) is 1. The lowest BCUT2D eigenvalue weighted by atomic mass is 10.4. The maximum atomic E-state index is 11.3. The van der Waals surface area contributed by atoms with Crippen molar-refractivity contribution in [1.82, 2.24) is 9.97 Å². The molecule has 0 radical (unpaired) electrons. The summed E-state index contributed by atoms with van der Waals surface area (Å²) < 4.78 is 0.425. The first-order chi connectivity index (χ1) is 7.20. The normalized spacial score (nSPS) is 9.67. The Labute approximate surface area is 96.5 Å². The van der Waals surface area contributed by atoms with Gasteiger partial charge in [-0.25, -0.2) is 4.98 Å². The Morgan fingerprint density at radius 3 is 2.60 bits per heavy atom. The first-order valence-electron chi connectivity index (χ1n) is 4.40. The SMILES string of the molecule is C=CCN(CC=C)c1nc[nH]c(=O)c1Br. The van der Waals surface area contributed by atoms with Crippen LogP contribution in [0, 0.1) is 0 Å². The van der Waals surface area contributed by atoms with Crippen LogP contribution in [0.2, 0.25) is 0 Å². The minimum absolute atomic E-state index is 0.196. The molecule has 0 aliphatic carbocycles. The van der Waals surface area contributed by atoms with E-state index in [0.29, 0.717) is 23.4 Å². The second-order valence-corrected chi connectivity index (χ2v) is 3.64. The van der Waals surface area contributed by atoms with E-state index >= 15 is 0 Å². The molecule has 0 bridgehead atoms. The first-order valence-corrected chi connectivity index (χ1v) is 5.20. The molecule has 1 heterocycles. The highest BCUT2D eigenvalue weighted by Crippen LogP contribution is 2.18. The second-order valence-electron chi connectivity index (χ2n) is 2.85. The predicted octanol–water partition coefficient (Wildman–Crippen LogP) is 1.71. The van der Waals surface area contributed by atoms with Crippen molar-refractivity contribution in [3.8, 4) is 0 Å². The zero-order chi connectivity index (χ0) is 11.3. The van der Waals surface area contributed by atoms with Gasteiger partial charge in [0, 0.05) is 13.1 Å². The smallest absolute Gasteiger partial charge is 0.267 e. The molecule has 0 unspecified atom stereocenters. The summed E-state index contributed by atoms with van der Waals surface area (Å²) in [6.07, 6.45) is 4.87. The Hall–Kier alpha value is -1.36. The summed E-state index contributed by atoms with van der Waals surface area (Å²) >= 11 is 3.20. The Kier molecular flexibility index (Phi) is 4.30. The maximum absolute atomic E-state index is 11.3. The first kappa shape index (κ1) is 11.7. The Balaban J connectivity index is 3.09. The van der Waals surface area contributed by atoms with E-state index in [0.717, 1.165) is 0 Å². The fourth-order valence-corrected chi connectivity index (χ4v) is 1.62. The molecule has 0 amide bonds. The van der Waals surface area contributed by atoms with Gasteiger partial charge in [-0.15, -0.1) is 13.2 Å². The van der Waals surface area contributed by atoms with Crippen molar-refractivity contribution < 1.29 is 0 Å². The van der Waals surface area contributed by atoms with Gasteiger partial charge in [-0.2, -0.15) is 0 Å². The zero-order valence-electron chi connectivity index (χ0n) is 8.24. The number of hydrogen-bond donors (Lipinski definition) is 1. The van der Waals surface area contributed by atoms with Crippen LogP contribution in [0.3, 0.4) is 0 Å². The summed E-state index contributed by atoms with van der Waals surface area (Å²) in [5.74, 6) is 0.596. The molecule has 0 aromatic carbocycles. The molecular weight excluding hydrogens is 258 g/mol. The monoisotopic (exact) mass is 269 g/mol. The second kappa shape index (κ2) is 5.50. The third-order valence-electron chi connectivity index (χ3n) is 1.78. The highest BCUT2D eigenvalue weighted by molar-refractivity contribution is 9.10. The van der Waals surface area contributed by atoms with Crippen molar-refractivity contribution in [2.24, 2.45) is 0 Å². The van der Waals surface area contributed by atoms with Crippen LogP contribution in [0.15, 0.2) is 40.9 Å². The van der Waals surface area contributed by atoms with Gasteiger partial charge in [-0.3, -0.25) is 4.79 Å². The number of H-pyrrole nitrogens is 1. The Morgan fingerprint density at radius 1 is 1.47 bits per heavy atom. The number of halogens is 1. The van der Waals surface area contributed by atoms with E-state index in [1.807, 2.05) is 4.90 Å². The lowest BCUT2D eigenvalue weighted by Crippen LogP contribution is -2.26. The van der Waals surface area contributed by atoms with Crippen LogP contribution in [0.4, 0.5) is 5.82 Å². The molecule has 80 valence electrons. The fraction of sp³-hybridized carbons (Fsp3) is 0.200. The molecule has 15 heavy (non-hydrogen) atoms. The van der Waals surface area contributed by atoms with Crippen LogP contribution in [0.25, 0.3) is 0 Å². The summed E-state index contributed by atoms with van der Waals surface area (Å²) in [4.78, 5) is 19.8. The van der Waals surface area contributed by atoms with Crippen LogP contribution in [-0.4, -0.2) is 23.1 Å². The number of anilines is 1. The zero-order valence-corrected chi connectivity index (χ0v) is 9.83. The van der Waals surface area contributed by atoms with Crippen molar-refractivity contribution in [2.75, 3.05) is 18.0 Å².